The lowest BCUT2D eigenvalue weighted by Crippen LogP contribution is -2.37. The summed E-state index contributed by atoms with van der Waals surface area (Å²) in [5, 5.41) is 2.94. The van der Waals surface area contributed by atoms with Crippen LogP contribution in [0, 0.1) is 0 Å². The summed E-state index contributed by atoms with van der Waals surface area (Å²) < 4.78 is 5.40. The Morgan fingerprint density at radius 1 is 1.40 bits per heavy atom. The van der Waals surface area contributed by atoms with E-state index in [1.165, 1.54) is 0 Å². The Kier molecular flexibility index (Phi) is 7.25. The molecule has 1 aliphatic rings. The highest BCUT2D eigenvalue weighted by Crippen LogP contribution is 2.27. The highest BCUT2D eigenvalue weighted by atomic mass is 16.5. The third-order valence-corrected chi connectivity index (χ3v) is 4.74. The second kappa shape index (κ2) is 9.42. The monoisotopic (exact) mass is 347 g/mol. The third kappa shape index (κ3) is 5.46. The maximum Gasteiger partial charge on any atom is 0.234 e. The fourth-order valence-corrected chi connectivity index (χ4v) is 3.11. The molecule has 25 heavy (non-hydrogen) atoms. The predicted molar refractivity (Wildman–Crippen MR) is 97.5 cm³/mol. The van der Waals surface area contributed by atoms with Crippen molar-refractivity contribution in [3.05, 3.63) is 29.8 Å². The minimum absolute atomic E-state index is 0.00278. The van der Waals surface area contributed by atoms with Gasteiger partial charge in [-0.25, -0.2) is 0 Å². The molecule has 2 amide bonds. The van der Waals surface area contributed by atoms with Gasteiger partial charge in [0.05, 0.1) is 13.7 Å². The molecule has 0 bridgehead atoms. The number of rotatable bonds is 9. The van der Waals surface area contributed by atoms with Gasteiger partial charge in [0.25, 0.3) is 0 Å². The Morgan fingerprint density at radius 3 is 2.84 bits per heavy atom. The Hall–Kier alpha value is -2.08. The molecular formula is C19H29N3O3. The van der Waals surface area contributed by atoms with Crippen molar-refractivity contribution in [1.82, 2.24) is 15.1 Å². The van der Waals surface area contributed by atoms with Crippen LogP contribution in [0.2, 0.25) is 0 Å². The number of nitrogens with one attached hydrogen (secondary N) is 1. The number of methoxy groups -OCH3 is 1. The molecule has 1 aromatic carbocycles. The topological polar surface area (TPSA) is 61.9 Å². The highest BCUT2D eigenvalue weighted by molar-refractivity contribution is 5.78. The largest absolute Gasteiger partial charge is 0.496 e. The molecule has 0 radical (unpaired) electrons. The number of para-hydroxylation sites is 1. The van der Waals surface area contributed by atoms with Gasteiger partial charge in [0.1, 0.15) is 5.75 Å². The molecule has 1 unspecified atom stereocenters. The number of likely N-dealkylation sites (N-methyl/N-ethyl adjacent to an activating group) is 1. The summed E-state index contributed by atoms with van der Waals surface area (Å²) in [6.07, 6.45) is 2.41. The van der Waals surface area contributed by atoms with E-state index in [9.17, 15) is 9.59 Å². The van der Waals surface area contributed by atoms with Crippen LogP contribution < -0.4 is 10.1 Å². The molecule has 1 aliphatic heterocycles. The smallest absolute Gasteiger partial charge is 0.234 e. The van der Waals surface area contributed by atoms with Crippen molar-refractivity contribution < 1.29 is 14.3 Å². The molecule has 0 aromatic heterocycles. The number of hydrogen-bond acceptors (Lipinski definition) is 4. The summed E-state index contributed by atoms with van der Waals surface area (Å²) in [7, 11) is 3.59. The van der Waals surface area contributed by atoms with E-state index in [0.29, 0.717) is 19.5 Å². The minimum Gasteiger partial charge on any atom is -0.496 e. The Bertz CT molecular complexity index is 591. The normalized spacial score (nSPS) is 15.5. The first-order chi connectivity index (χ1) is 12.0. The molecule has 0 aliphatic carbocycles. The van der Waals surface area contributed by atoms with Crippen molar-refractivity contribution in [3.8, 4) is 5.75 Å². The van der Waals surface area contributed by atoms with E-state index in [0.717, 1.165) is 37.2 Å². The average Bonchev–Trinajstić information content (AvgIpc) is 3.03. The maximum absolute atomic E-state index is 12.1. The second-order valence-electron chi connectivity index (χ2n) is 6.52. The lowest BCUT2D eigenvalue weighted by molar-refractivity contribution is -0.127. The zero-order valence-corrected chi connectivity index (χ0v) is 15.5. The van der Waals surface area contributed by atoms with E-state index in [4.69, 9.17) is 4.74 Å². The number of carbonyl (C=O) groups is 2. The number of ether oxygens (including phenoxy) is 1. The van der Waals surface area contributed by atoms with Crippen LogP contribution in [0.4, 0.5) is 0 Å². The number of carbonyl (C=O) groups excluding carboxylic acids is 2. The number of likely N-dealkylation sites (tertiary alicyclic amines) is 1. The van der Waals surface area contributed by atoms with Gasteiger partial charge in [-0.2, -0.15) is 0 Å². The summed E-state index contributed by atoms with van der Waals surface area (Å²) in [5.74, 6) is 1.06. The molecule has 1 atom stereocenters. The Labute approximate surface area is 150 Å². The quantitative estimate of drug-likeness (QED) is 0.692. The fourth-order valence-electron chi connectivity index (χ4n) is 3.11. The lowest BCUT2D eigenvalue weighted by Gasteiger charge is -2.26. The van der Waals surface area contributed by atoms with Crippen LogP contribution in [0.1, 0.15) is 37.8 Å². The van der Waals surface area contributed by atoms with E-state index in [-0.39, 0.29) is 17.9 Å². The van der Waals surface area contributed by atoms with Gasteiger partial charge in [0.15, 0.2) is 0 Å². The molecule has 1 N–H and O–H groups in total. The molecule has 1 aromatic rings. The van der Waals surface area contributed by atoms with Gasteiger partial charge in [0, 0.05) is 37.7 Å². The molecule has 2 rings (SSSR count). The first-order valence-corrected chi connectivity index (χ1v) is 8.90. The van der Waals surface area contributed by atoms with Crippen LogP contribution in [0.25, 0.3) is 0 Å². The van der Waals surface area contributed by atoms with Crippen LogP contribution in [0.15, 0.2) is 24.3 Å². The second-order valence-corrected chi connectivity index (χ2v) is 6.52. The van der Waals surface area contributed by atoms with Crippen molar-refractivity contribution in [1.29, 1.82) is 0 Å². The number of nitrogens with zero attached hydrogens (tertiary/aromatic N) is 2. The van der Waals surface area contributed by atoms with Crippen molar-refractivity contribution >= 4 is 11.8 Å². The van der Waals surface area contributed by atoms with E-state index in [2.05, 4.69) is 12.2 Å². The van der Waals surface area contributed by atoms with Gasteiger partial charge < -0.3 is 15.0 Å². The molecule has 6 nitrogen and oxygen atoms in total. The van der Waals surface area contributed by atoms with Crippen LogP contribution in [-0.2, 0) is 9.59 Å². The summed E-state index contributed by atoms with van der Waals surface area (Å²) in [6.45, 7) is 4.56. The average molecular weight is 347 g/mol. The van der Waals surface area contributed by atoms with Crippen LogP contribution in [-0.4, -0.2) is 62.0 Å². The maximum atomic E-state index is 12.1. The molecule has 138 valence electrons. The first kappa shape index (κ1) is 19.2. The van der Waals surface area contributed by atoms with Gasteiger partial charge in [-0.15, -0.1) is 0 Å². The molecule has 1 saturated heterocycles. The number of hydrogen-bond donors (Lipinski definition) is 1. The van der Waals surface area contributed by atoms with Crippen molar-refractivity contribution in [3.63, 3.8) is 0 Å². The summed E-state index contributed by atoms with van der Waals surface area (Å²) >= 11 is 0. The molecule has 0 saturated carbocycles. The fraction of sp³-hybridized carbons (Fsp3) is 0.579. The Balaban J connectivity index is 1.73. The van der Waals surface area contributed by atoms with E-state index in [1.54, 1.807) is 7.11 Å². The molecule has 6 heteroatoms. The van der Waals surface area contributed by atoms with Crippen molar-refractivity contribution in [2.24, 2.45) is 0 Å². The SMILES string of the molecule is COc1ccccc1C(C)N(C)CC(=O)NCCCN1CCCC1=O. The number of amides is 2. The van der Waals surface area contributed by atoms with Gasteiger partial charge >= 0.3 is 0 Å². The van der Waals surface area contributed by atoms with Crippen molar-refractivity contribution in [2.45, 2.75) is 32.2 Å². The lowest BCUT2D eigenvalue weighted by atomic mass is 10.1. The van der Waals surface area contributed by atoms with Crippen LogP contribution >= 0.6 is 0 Å². The van der Waals surface area contributed by atoms with E-state index < -0.39 is 0 Å². The van der Waals surface area contributed by atoms with Crippen LogP contribution in [0.3, 0.4) is 0 Å². The van der Waals surface area contributed by atoms with Gasteiger partial charge in [0.2, 0.25) is 11.8 Å². The van der Waals surface area contributed by atoms with Crippen LogP contribution in [0.5, 0.6) is 5.75 Å². The summed E-state index contributed by atoms with van der Waals surface area (Å²) in [6, 6.07) is 7.93. The molecule has 1 fully saturated rings. The van der Waals surface area contributed by atoms with E-state index in [1.807, 2.05) is 41.1 Å². The predicted octanol–water partition coefficient (Wildman–Crippen LogP) is 1.82. The number of benzene rings is 1. The summed E-state index contributed by atoms with van der Waals surface area (Å²) in [4.78, 5) is 27.5. The molecule has 0 spiro atoms. The zero-order chi connectivity index (χ0) is 18.2. The minimum atomic E-state index is -0.00278. The van der Waals surface area contributed by atoms with Gasteiger partial charge in [-0.05, 0) is 32.9 Å². The first-order valence-electron chi connectivity index (χ1n) is 8.90. The highest BCUT2D eigenvalue weighted by Gasteiger charge is 2.20. The van der Waals surface area contributed by atoms with Crippen molar-refractivity contribution in [2.75, 3.05) is 40.3 Å². The molecular weight excluding hydrogens is 318 g/mol. The van der Waals surface area contributed by atoms with Gasteiger partial charge in [-0.1, -0.05) is 18.2 Å². The Morgan fingerprint density at radius 2 is 2.16 bits per heavy atom. The van der Waals surface area contributed by atoms with E-state index >= 15 is 0 Å². The standard InChI is InChI=1S/C19H29N3O3/c1-15(16-8-4-5-9-17(16)25-3)21(2)14-18(23)20-11-7-13-22-12-6-10-19(22)24/h4-5,8-9,15H,6-7,10-14H2,1-3H3,(H,20,23). The van der Waals surface area contributed by atoms with Gasteiger partial charge in [-0.3, -0.25) is 14.5 Å². The molecule has 1 heterocycles. The third-order valence-electron chi connectivity index (χ3n) is 4.74. The summed E-state index contributed by atoms with van der Waals surface area (Å²) in [5.41, 5.74) is 1.06. The zero-order valence-electron chi connectivity index (χ0n) is 15.5.